The second-order valence-electron chi connectivity index (χ2n) is 7.32. The number of non-ortho nitro benzene ring substituents is 1. The molecule has 1 saturated heterocycles. The van der Waals surface area contributed by atoms with E-state index in [1.807, 2.05) is 0 Å². The van der Waals surface area contributed by atoms with Crippen LogP contribution < -0.4 is 10.2 Å². The summed E-state index contributed by atoms with van der Waals surface area (Å²) in [7, 11) is 1.50. The van der Waals surface area contributed by atoms with Gasteiger partial charge in [-0.15, -0.1) is 0 Å². The van der Waals surface area contributed by atoms with Gasteiger partial charge in [0.25, 0.3) is 11.6 Å². The summed E-state index contributed by atoms with van der Waals surface area (Å²) >= 11 is 0. The number of rotatable bonds is 8. The predicted molar refractivity (Wildman–Crippen MR) is 113 cm³/mol. The highest BCUT2D eigenvalue weighted by atomic mass is 16.6. The number of amides is 2. The van der Waals surface area contributed by atoms with Crippen LogP contribution >= 0.6 is 0 Å². The van der Waals surface area contributed by atoms with Crippen LogP contribution in [0.25, 0.3) is 0 Å². The van der Waals surface area contributed by atoms with Crippen molar-refractivity contribution in [1.29, 1.82) is 0 Å². The molecule has 3 rings (SSSR count). The third kappa shape index (κ3) is 5.50. The van der Waals surface area contributed by atoms with Gasteiger partial charge in [-0.3, -0.25) is 39.7 Å². The maximum Gasteiger partial charge on any atom is 0.312 e. The first kappa shape index (κ1) is 23.4. The van der Waals surface area contributed by atoms with Crippen LogP contribution in [0.3, 0.4) is 0 Å². The van der Waals surface area contributed by atoms with Gasteiger partial charge < -0.3 is 9.47 Å². The maximum atomic E-state index is 12.5. The number of Topliss-reactive ketones (excluding diaryl/α,β-unsaturated/α-hetero) is 1. The van der Waals surface area contributed by atoms with Gasteiger partial charge in [-0.2, -0.15) is 0 Å². The number of esters is 1. The van der Waals surface area contributed by atoms with E-state index in [-0.39, 0.29) is 24.2 Å². The van der Waals surface area contributed by atoms with Crippen molar-refractivity contribution < 1.29 is 33.6 Å². The minimum Gasteiger partial charge on any atom is -0.497 e. The first-order valence-corrected chi connectivity index (χ1v) is 9.94. The lowest BCUT2D eigenvalue weighted by atomic mass is 10.1. The fraction of sp³-hybridized carbons (Fsp3) is 0.273. The standard InChI is InChI=1S/C22H21N3O8/c1-13(20(27)14-5-9-18(32-2)10-6-14)33-22(29)16-11-19(26)24(12-16)23-21(28)15-3-7-17(8-4-15)25(30)31/h3-10,13,16H,11-12H2,1-2H3,(H,23,28)/t13-,16+/m1/s1. The molecule has 2 atom stereocenters. The highest BCUT2D eigenvalue weighted by Crippen LogP contribution is 2.20. The highest BCUT2D eigenvalue weighted by molar-refractivity contribution is 6.01. The van der Waals surface area contributed by atoms with Gasteiger partial charge in [0, 0.05) is 29.7 Å². The zero-order chi connectivity index (χ0) is 24.1. The Morgan fingerprint density at radius 2 is 1.70 bits per heavy atom. The number of nitro benzene ring substituents is 1. The molecule has 0 bridgehead atoms. The number of hydrazine groups is 1. The molecule has 0 spiro atoms. The molecular weight excluding hydrogens is 434 g/mol. The topological polar surface area (TPSA) is 145 Å². The average Bonchev–Trinajstić information content (AvgIpc) is 3.18. The number of hydrogen-bond acceptors (Lipinski definition) is 8. The summed E-state index contributed by atoms with van der Waals surface area (Å²) < 4.78 is 10.3. The largest absolute Gasteiger partial charge is 0.497 e. The summed E-state index contributed by atoms with van der Waals surface area (Å²) in [6.45, 7) is 1.31. The molecule has 11 nitrogen and oxygen atoms in total. The van der Waals surface area contributed by atoms with Crippen LogP contribution in [-0.4, -0.2) is 53.3 Å². The molecule has 0 aromatic heterocycles. The first-order valence-electron chi connectivity index (χ1n) is 9.94. The quantitative estimate of drug-likeness (QED) is 0.275. The van der Waals surface area contributed by atoms with Crippen LogP contribution in [-0.2, 0) is 14.3 Å². The van der Waals surface area contributed by atoms with Gasteiger partial charge in [-0.25, -0.2) is 0 Å². The molecule has 1 aliphatic rings. The molecule has 2 aromatic rings. The number of nitrogens with one attached hydrogen (secondary N) is 1. The minimum absolute atomic E-state index is 0.109. The smallest absolute Gasteiger partial charge is 0.312 e. The number of carbonyl (C=O) groups excluding carboxylic acids is 4. The first-order chi connectivity index (χ1) is 15.7. The van der Waals surface area contributed by atoms with Gasteiger partial charge in [0.15, 0.2) is 6.10 Å². The van der Waals surface area contributed by atoms with Crippen molar-refractivity contribution in [3.05, 3.63) is 69.8 Å². The zero-order valence-electron chi connectivity index (χ0n) is 17.8. The van der Waals surface area contributed by atoms with E-state index < -0.39 is 40.5 Å². The number of hydrogen-bond donors (Lipinski definition) is 1. The van der Waals surface area contributed by atoms with Gasteiger partial charge in [0.1, 0.15) is 5.75 Å². The second-order valence-corrected chi connectivity index (χ2v) is 7.32. The van der Waals surface area contributed by atoms with Crippen LogP contribution in [0.4, 0.5) is 5.69 Å². The molecule has 2 amide bonds. The number of ether oxygens (including phenoxy) is 2. The molecule has 0 unspecified atom stereocenters. The molecule has 11 heteroatoms. The molecular formula is C22H21N3O8. The van der Waals surface area contributed by atoms with E-state index in [0.717, 1.165) is 5.01 Å². The van der Waals surface area contributed by atoms with Crippen LogP contribution in [0.1, 0.15) is 34.1 Å². The molecule has 2 aromatic carbocycles. The second kappa shape index (κ2) is 9.90. The number of nitrogens with zero attached hydrogens (tertiary/aromatic N) is 2. The lowest BCUT2D eigenvalue weighted by molar-refractivity contribution is -0.384. The molecule has 172 valence electrons. The van der Waals surface area contributed by atoms with Gasteiger partial charge in [0.05, 0.1) is 24.5 Å². The Kier molecular flexibility index (Phi) is 7.01. The SMILES string of the molecule is COc1ccc(C(=O)[C@@H](C)OC(=O)[C@H]2CC(=O)N(NC(=O)c3ccc([N+](=O)[O-])cc3)C2)cc1. The van der Waals surface area contributed by atoms with Crippen molar-refractivity contribution in [3.63, 3.8) is 0 Å². The molecule has 1 heterocycles. The summed E-state index contributed by atoms with van der Waals surface area (Å²) in [5, 5.41) is 11.7. The number of methoxy groups -OCH3 is 1. The summed E-state index contributed by atoms with van der Waals surface area (Å²) in [4.78, 5) is 59.7. The van der Waals surface area contributed by atoms with Crippen molar-refractivity contribution in [3.8, 4) is 5.75 Å². The van der Waals surface area contributed by atoms with Gasteiger partial charge in [-0.1, -0.05) is 0 Å². The highest BCUT2D eigenvalue weighted by Gasteiger charge is 2.37. The molecule has 1 fully saturated rings. The lowest BCUT2D eigenvalue weighted by Gasteiger charge is -2.18. The van der Waals surface area contributed by atoms with Gasteiger partial charge in [-0.05, 0) is 43.3 Å². The van der Waals surface area contributed by atoms with E-state index in [1.165, 1.54) is 38.3 Å². The third-order valence-electron chi connectivity index (χ3n) is 5.07. The van der Waals surface area contributed by atoms with E-state index in [9.17, 15) is 29.3 Å². The summed E-state index contributed by atoms with van der Waals surface area (Å²) in [6.07, 6.45) is -1.26. The fourth-order valence-corrected chi connectivity index (χ4v) is 3.21. The van der Waals surface area contributed by atoms with Crippen LogP contribution in [0.15, 0.2) is 48.5 Å². The Labute approximate surface area is 188 Å². The molecule has 0 aliphatic carbocycles. The number of nitro groups is 1. The van der Waals surface area contributed by atoms with E-state index >= 15 is 0 Å². The number of benzene rings is 2. The van der Waals surface area contributed by atoms with Crippen molar-refractivity contribution in [2.45, 2.75) is 19.4 Å². The Morgan fingerprint density at radius 1 is 1.09 bits per heavy atom. The normalized spacial score (nSPS) is 16.1. The van der Waals surface area contributed by atoms with Gasteiger partial charge in [0.2, 0.25) is 11.7 Å². The van der Waals surface area contributed by atoms with Crippen molar-refractivity contribution in [2.75, 3.05) is 13.7 Å². The Morgan fingerprint density at radius 3 is 2.27 bits per heavy atom. The monoisotopic (exact) mass is 455 g/mol. The van der Waals surface area contributed by atoms with E-state index in [4.69, 9.17) is 9.47 Å². The van der Waals surface area contributed by atoms with Crippen molar-refractivity contribution >= 4 is 29.3 Å². The molecule has 0 radical (unpaired) electrons. The zero-order valence-corrected chi connectivity index (χ0v) is 17.8. The number of carbonyl (C=O) groups is 4. The van der Waals surface area contributed by atoms with E-state index in [0.29, 0.717) is 11.3 Å². The Bertz CT molecular complexity index is 1080. The molecule has 1 N–H and O–H groups in total. The number of ketones is 1. The molecule has 1 aliphatic heterocycles. The van der Waals surface area contributed by atoms with Crippen LogP contribution in [0.2, 0.25) is 0 Å². The molecule has 0 saturated carbocycles. The maximum absolute atomic E-state index is 12.5. The van der Waals surface area contributed by atoms with Crippen molar-refractivity contribution in [2.24, 2.45) is 5.92 Å². The summed E-state index contributed by atoms with van der Waals surface area (Å²) in [5.74, 6) is -2.57. The van der Waals surface area contributed by atoms with Crippen LogP contribution in [0.5, 0.6) is 5.75 Å². The lowest BCUT2D eigenvalue weighted by Crippen LogP contribution is -2.43. The Hall–Kier alpha value is -4.28. The van der Waals surface area contributed by atoms with Crippen LogP contribution in [0, 0.1) is 16.0 Å². The summed E-state index contributed by atoms with van der Waals surface area (Å²) in [6, 6.07) is 11.2. The third-order valence-corrected chi connectivity index (χ3v) is 5.07. The summed E-state index contributed by atoms with van der Waals surface area (Å²) in [5.41, 5.74) is 2.66. The van der Waals surface area contributed by atoms with Crippen molar-refractivity contribution in [1.82, 2.24) is 10.4 Å². The minimum atomic E-state index is -1.07. The Balaban J connectivity index is 1.56. The fourth-order valence-electron chi connectivity index (χ4n) is 3.21. The van der Waals surface area contributed by atoms with E-state index in [1.54, 1.807) is 24.3 Å². The molecule has 33 heavy (non-hydrogen) atoms. The average molecular weight is 455 g/mol. The van der Waals surface area contributed by atoms with E-state index in [2.05, 4.69) is 5.43 Å². The van der Waals surface area contributed by atoms with Gasteiger partial charge >= 0.3 is 5.97 Å². The predicted octanol–water partition coefficient (Wildman–Crippen LogP) is 1.91.